The minimum Gasteiger partial charge on any atom is -0.469 e. The van der Waals surface area contributed by atoms with Gasteiger partial charge in [0.1, 0.15) is 22.9 Å². The molecule has 0 aliphatic carbocycles. The number of piperidine rings is 1. The van der Waals surface area contributed by atoms with Crippen molar-refractivity contribution in [3.63, 3.8) is 0 Å². The fourth-order valence-electron chi connectivity index (χ4n) is 6.94. The number of nitrogens with zero attached hydrogens (tertiary/aromatic N) is 5. The van der Waals surface area contributed by atoms with Crippen LogP contribution in [0.15, 0.2) is 47.5 Å². The lowest BCUT2D eigenvalue weighted by Gasteiger charge is -2.27. The van der Waals surface area contributed by atoms with Crippen LogP contribution < -0.4 is 10.6 Å². The van der Waals surface area contributed by atoms with Gasteiger partial charge in [-0.3, -0.25) is 48.5 Å². The largest absolute Gasteiger partial charge is 0.469 e. The van der Waals surface area contributed by atoms with Crippen LogP contribution in [0.4, 0.5) is 5.69 Å². The molecule has 0 radical (unpaired) electrons. The molecule has 0 saturated carbocycles. The van der Waals surface area contributed by atoms with Gasteiger partial charge in [0.25, 0.3) is 11.8 Å². The van der Waals surface area contributed by atoms with Crippen molar-refractivity contribution in [2.45, 2.75) is 64.5 Å². The minimum absolute atomic E-state index is 0.0390. The standard InChI is InChI=1S/C37H34ClN7O7S/c1-18-29-31(20-10-12-21(38)13-11-20)40-24(17-28(48)52-3)33-43-42-19(2)44(33)37(29)53-32(18)26(46)9-4-5-16-39-23-8-6-7-22-30(23)36(51)45(35(22)50)25-14-15-27(47)41-34(25)49/h6-8,10-13,24-25,39H,4-5,9,14-17H2,1-3H3,(H,41,47,49)/t24-,25?/m0/s1. The van der Waals surface area contributed by atoms with Crippen LogP contribution in [-0.4, -0.2) is 80.5 Å². The van der Waals surface area contributed by atoms with Crippen molar-refractivity contribution in [3.05, 3.63) is 91.8 Å². The van der Waals surface area contributed by atoms with Crippen molar-refractivity contribution in [3.8, 4) is 5.00 Å². The molecule has 0 bridgehead atoms. The van der Waals surface area contributed by atoms with Crippen molar-refractivity contribution >= 4 is 69.7 Å². The number of aryl methyl sites for hydroxylation is 1. The molecule has 53 heavy (non-hydrogen) atoms. The summed E-state index contributed by atoms with van der Waals surface area (Å²) in [5, 5.41) is 15.4. The number of imide groups is 2. The lowest BCUT2D eigenvalue weighted by atomic mass is 9.98. The van der Waals surface area contributed by atoms with Gasteiger partial charge in [-0.1, -0.05) is 29.8 Å². The maximum Gasteiger partial charge on any atom is 0.308 e. The molecule has 14 nitrogen and oxygen atoms in total. The number of ether oxygens (including phenoxy) is 1. The molecule has 0 spiro atoms. The number of aliphatic imine (C=N–C) groups is 1. The number of Topliss-reactive ketones (excluding diaryl/α,β-unsaturated/α-hetero) is 1. The molecular formula is C37H34ClN7O7S. The van der Waals surface area contributed by atoms with E-state index in [9.17, 15) is 28.8 Å². The molecule has 4 amide bonds. The van der Waals surface area contributed by atoms with E-state index in [1.807, 2.05) is 30.5 Å². The number of ketones is 1. The third kappa shape index (κ3) is 6.54. The van der Waals surface area contributed by atoms with Crippen LogP contribution in [-0.2, 0) is 19.1 Å². The van der Waals surface area contributed by atoms with E-state index in [1.54, 1.807) is 30.3 Å². The third-order valence-corrected chi connectivity index (χ3v) is 11.1. The van der Waals surface area contributed by atoms with Crippen molar-refractivity contribution in [1.29, 1.82) is 0 Å². The van der Waals surface area contributed by atoms with E-state index in [4.69, 9.17) is 21.3 Å². The molecule has 4 aromatic rings. The van der Waals surface area contributed by atoms with Gasteiger partial charge >= 0.3 is 5.97 Å². The molecule has 2 aromatic heterocycles. The molecule has 5 heterocycles. The van der Waals surface area contributed by atoms with Crippen molar-refractivity contribution < 1.29 is 33.5 Å². The van der Waals surface area contributed by atoms with Crippen LogP contribution >= 0.6 is 22.9 Å². The highest BCUT2D eigenvalue weighted by Gasteiger charge is 2.45. The molecular weight excluding hydrogens is 722 g/mol. The average Bonchev–Trinajstić information content (AvgIpc) is 3.73. The molecule has 1 fully saturated rings. The van der Waals surface area contributed by atoms with Gasteiger partial charge < -0.3 is 10.1 Å². The lowest BCUT2D eigenvalue weighted by molar-refractivity contribution is -0.141. The number of anilines is 1. The Morgan fingerprint density at radius 2 is 1.79 bits per heavy atom. The van der Waals surface area contributed by atoms with Crippen LogP contribution in [0.2, 0.25) is 5.02 Å². The van der Waals surface area contributed by atoms with Crippen LogP contribution in [0.25, 0.3) is 5.00 Å². The Balaban J connectivity index is 1.08. The molecule has 272 valence electrons. The van der Waals surface area contributed by atoms with E-state index in [1.165, 1.54) is 18.4 Å². The number of unbranched alkanes of at least 4 members (excludes halogenated alkanes) is 1. The Labute approximate surface area is 312 Å². The smallest absolute Gasteiger partial charge is 0.308 e. The number of benzene rings is 2. The Kier molecular flexibility index (Phi) is 9.79. The zero-order valence-electron chi connectivity index (χ0n) is 29.0. The van der Waals surface area contributed by atoms with Crippen LogP contribution in [0, 0.1) is 13.8 Å². The van der Waals surface area contributed by atoms with Gasteiger partial charge in [-0.05, 0) is 62.9 Å². The number of esters is 1. The second-order valence-electron chi connectivity index (χ2n) is 12.9. The highest BCUT2D eigenvalue weighted by atomic mass is 35.5. The Morgan fingerprint density at radius 3 is 2.53 bits per heavy atom. The molecule has 3 aliphatic heterocycles. The summed E-state index contributed by atoms with van der Waals surface area (Å²) in [6.45, 7) is 4.12. The van der Waals surface area contributed by atoms with Gasteiger partial charge in [-0.25, -0.2) is 0 Å². The second-order valence-corrected chi connectivity index (χ2v) is 14.4. The summed E-state index contributed by atoms with van der Waals surface area (Å²) >= 11 is 7.55. The van der Waals surface area contributed by atoms with E-state index in [2.05, 4.69) is 20.8 Å². The number of rotatable bonds is 11. The molecule has 2 N–H and O–H groups in total. The molecule has 7 rings (SSSR count). The predicted molar refractivity (Wildman–Crippen MR) is 195 cm³/mol. The maximum absolute atomic E-state index is 13.8. The number of amides is 4. The van der Waals surface area contributed by atoms with Gasteiger partial charge in [-0.15, -0.1) is 21.5 Å². The first-order valence-corrected chi connectivity index (χ1v) is 18.3. The Bertz CT molecular complexity index is 2240. The lowest BCUT2D eigenvalue weighted by Crippen LogP contribution is -2.54. The van der Waals surface area contributed by atoms with Gasteiger partial charge in [0.2, 0.25) is 11.8 Å². The Hall–Kier alpha value is -5.54. The molecule has 2 atom stereocenters. The van der Waals surface area contributed by atoms with Gasteiger partial charge in [0.15, 0.2) is 11.6 Å². The molecule has 1 saturated heterocycles. The number of hydrogen-bond donors (Lipinski definition) is 2. The number of methoxy groups -OCH3 is 1. The number of carbonyl (C=O) groups excluding carboxylic acids is 6. The molecule has 1 unspecified atom stereocenters. The van der Waals surface area contributed by atoms with Crippen LogP contribution in [0.1, 0.15) is 103 Å². The third-order valence-electron chi connectivity index (χ3n) is 9.57. The first-order valence-electron chi connectivity index (χ1n) is 17.1. The van der Waals surface area contributed by atoms with Crippen LogP contribution in [0.5, 0.6) is 0 Å². The van der Waals surface area contributed by atoms with Crippen LogP contribution in [0.3, 0.4) is 0 Å². The first kappa shape index (κ1) is 35.8. The topological polar surface area (TPSA) is 182 Å². The van der Waals surface area contributed by atoms with Crippen molar-refractivity contribution in [1.82, 2.24) is 25.0 Å². The number of nitrogens with one attached hydrogen (secondary N) is 2. The molecule has 2 aromatic carbocycles. The number of hydrogen-bond acceptors (Lipinski definition) is 12. The Morgan fingerprint density at radius 1 is 1.02 bits per heavy atom. The zero-order valence-corrected chi connectivity index (χ0v) is 30.6. The van der Waals surface area contributed by atoms with E-state index in [0.29, 0.717) is 52.3 Å². The fraction of sp³-hybridized carbons (Fsp3) is 0.324. The minimum atomic E-state index is -1.05. The maximum atomic E-state index is 13.8. The summed E-state index contributed by atoms with van der Waals surface area (Å²) in [7, 11) is 1.32. The van der Waals surface area contributed by atoms with Gasteiger partial charge in [0, 0.05) is 41.2 Å². The summed E-state index contributed by atoms with van der Waals surface area (Å²) < 4.78 is 6.83. The summed E-state index contributed by atoms with van der Waals surface area (Å²) in [5.41, 5.74) is 3.71. The summed E-state index contributed by atoms with van der Waals surface area (Å²) in [6.07, 6.45) is 1.44. The normalized spacial score (nSPS) is 17.8. The zero-order chi connectivity index (χ0) is 37.6. The molecule has 3 aliphatic rings. The first-order chi connectivity index (χ1) is 25.5. The fourth-order valence-corrected chi connectivity index (χ4v) is 8.40. The monoisotopic (exact) mass is 755 g/mol. The summed E-state index contributed by atoms with van der Waals surface area (Å²) in [5.74, 6) is -1.70. The van der Waals surface area contributed by atoms with Crippen molar-refractivity contribution in [2.75, 3.05) is 19.0 Å². The quantitative estimate of drug-likeness (QED) is 0.0923. The number of carbonyl (C=O) groups is 6. The number of fused-ring (bicyclic) bond motifs is 4. The average molecular weight is 756 g/mol. The second kappa shape index (κ2) is 14.5. The molecule has 16 heteroatoms. The van der Waals surface area contributed by atoms with E-state index in [-0.39, 0.29) is 42.6 Å². The highest BCUT2D eigenvalue weighted by molar-refractivity contribution is 7.17. The summed E-state index contributed by atoms with van der Waals surface area (Å²) in [4.78, 5) is 83.5. The number of thiophene rings is 1. The van der Waals surface area contributed by atoms with E-state index in [0.717, 1.165) is 26.6 Å². The summed E-state index contributed by atoms with van der Waals surface area (Å²) in [6, 6.07) is 10.4. The van der Waals surface area contributed by atoms with E-state index < -0.39 is 41.7 Å². The van der Waals surface area contributed by atoms with E-state index >= 15 is 0 Å². The van der Waals surface area contributed by atoms with Crippen molar-refractivity contribution in [2.24, 2.45) is 4.99 Å². The number of halogens is 1. The predicted octanol–water partition coefficient (Wildman–Crippen LogP) is 4.92. The van der Waals surface area contributed by atoms with Gasteiger partial charge in [-0.2, -0.15) is 0 Å². The highest BCUT2D eigenvalue weighted by Crippen LogP contribution is 2.41. The number of aromatic nitrogens is 3. The van der Waals surface area contributed by atoms with Gasteiger partial charge in [0.05, 0.1) is 35.2 Å². The SMILES string of the molecule is COC(=O)C[C@@H]1N=C(c2ccc(Cl)cc2)c2c(sc(C(=O)CCCCNc3cccc4c3C(=O)N(C3CCC(=O)NC3=O)C4=O)c2C)-n2c(C)nnc21.